The van der Waals surface area contributed by atoms with Crippen molar-refractivity contribution in [3.05, 3.63) is 53.7 Å². The zero-order chi connectivity index (χ0) is 26.8. The lowest BCUT2D eigenvalue weighted by molar-refractivity contribution is -0.142. The number of pyridine rings is 2. The van der Waals surface area contributed by atoms with Crippen molar-refractivity contribution in [2.24, 2.45) is 0 Å². The summed E-state index contributed by atoms with van der Waals surface area (Å²) in [5.74, 6) is -0.411. The maximum Gasteiger partial charge on any atom is 0.408 e. The number of halogens is 3. The fourth-order valence-electron chi connectivity index (χ4n) is 4.77. The van der Waals surface area contributed by atoms with E-state index < -0.39 is 34.2 Å². The van der Waals surface area contributed by atoms with Gasteiger partial charge in [-0.1, -0.05) is 0 Å². The van der Waals surface area contributed by atoms with Crippen LogP contribution in [0.3, 0.4) is 0 Å². The van der Waals surface area contributed by atoms with Gasteiger partial charge in [-0.2, -0.15) is 18.3 Å². The third kappa shape index (κ3) is 4.18. The Balaban J connectivity index is 1.62. The first-order valence-electron chi connectivity index (χ1n) is 11.2. The predicted octanol–water partition coefficient (Wildman–Crippen LogP) is 2.74. The number of ether oxygens (including phenoxy) is 1. The molecule has 2 aliphatic heterocycles. The Hall–Kier alpha value is -3.36. The number of nitrogens with zero attached hydrogens (tertiary/aromatic N) is 6. The molecule has 0 aliphatic carbocycles. The van der Waals surface area contributed by atoms with E-state index in [0.29, 0.717) is 41.1 Å². The van der Waals surface area contributed by atoms with Crippen molar-refractivity contribution in [1.82, 2.24) is 24.1 Å². The van der Waals surface area contributed by atoms with Crippen LogP contribution in [0.15, 0.2) is 41.8 Å². The van der Waals surface area contributed by atoms with Gasteiger partial charge in [-0.25, -0.2) is 17.7 Å². The van der Waals surface area contributed by atoms with E-state index >= 15 is 0 Å². The zero-order valence-corrected chi connectivity index (χ0v) is 21.0. The zero-order valence-electron chi connectivity index (χ0n) is 20.2. The highest BCUT2D eigenvalue weighted by molar-refractivity contribution is 7.89. The van der Waals surface area contributed by atoms with Crippen LogP contribution in [-0.4, -0.2) is 71.9 Å². The molecule has 1 saturated heterocycles. The average molecular weight is 537 g/mol. The maximum atomic E-state index is 13.7. The van der Waals surface area contributed by atoms with Crippen molar-refractivity contribution in [1.29, 1.82) is 0 Å². The molecule has 3 aromatic rings. The molecule has 0 bridgehead atoms. The second-order valence-electron chi connectivity index (χ2n) is 9.23. The van der Waals surface area contributed by atoms with E-state index in [0.717, 1.165) is 8.99 Å². The minimum absolute atomic E-state index is 0.0105. The molecule has 3 aromatic heterocycles. The van der Waals surface area contributed by atoms with E-state index in [1.165, 1.54) is 49.8 Å². The summed E-state index contributed by atoms with van der Waals surface area (Å²) in [6.45, 7) is 0.865. The number of sulfonamides is 1. The summed E-state index contributed by atoms with van der Waals surface area (Å²) in [5, 5.41) is 3.80. The van der Waals surface area contributed by atoms with Gasteiger partial charge in [0.25, 0.3) is 5.91 Å². The van der Waals surface area contributed by atoms with E-state index in [4.69, 9.17) is 9.72 Å². The first-order valence-corrected chi connectivity index (χ1v) is 12.7. The summed E-state index contributed by atoms with van der Waals surface area (Å²) in [4.78, 5) is 23.9. The molecular formula is C23H23F3N6O4S. The lowest BCUT2D eigenvalue weighted by Gasteiger charge is -2.32. The molecule has 2 aliphatic rings. The fraction of sp³-hybridized carbons (Fsp3) is 0.391. The van der Waals surface area contributed by atoms with Crippen LogP contribution in [0.5, 0.6) is 0 Å². The SMILES string of the molecule is Cc1cc(-c2cncc(S(=O)(=O)N(C)C)c2)nc2c1C(=O)N(c1cnn(CC(F)(F)F)c1)[C@]21CCOC1. The molecule has 1 spiro atoms. The van der Waals surface area contributed by atoms with Crippen molar-refractivity contribution in [3.63, 3.8) is 0 Å². The van der Waals surface area contributed by atoms with Crippen molar-refractivity contribution in [2.75, 3.05) is 32.2 Å². The largest absolute Gasteiger partial charge is 0.408 e. The van der Waals surface area contributed by atoms with Gasteiger partial charge in [0.1, 0.15) is 17.0 Å². The van der Waals surface area contributed by atoms with Crippen LogP contribution in [-0.2, 0) is 26.8 Å². The van der Waals surface area contributed by atoms with Crippen molar-refractivity contribution < 1.29 is 31.1 Å². The van der Waals surface area contributed by atoms with Crippen LogP contribution >= 0.6 is 0 Å². The number of carbonyl (C=O) groups is 1. The number of aryl methyl sites for hydroxylation is 1. The predicted molar refractivity (Wildman–Crippen MR) is 125 cm³/mol. The molecule has 0 unspecified atom stereocenters. The summed E-state index contributed by atoms with van der Waals surface area (Å²) in [7, 11) is -0.909. The standard InChI is InChI=1S/C23H23F3N6O4S/c1-14-6-18(15-7-17(10-27-8-15)37(34,35)30(2)3)29-20-19(14)21(33)32(22(20)4-5-36-13-22)16-9-28-31(11-16)12-23(24,25)26/h6-11H,4-5,12-13H2,1-3H3/t22-/m0/s1. The van der Waals surface area contributed by atoms with Crippen LogP contribution < -0.4 is 4.90 Å². The number of fused-ring (bicyclic) bond motifs is 2. The lowest BCUT2D eigenvalue weighted by atomic mass is 9.91. The molecule has 0 N–H and O–H groups in total. The number of rotatable bonds is 5. The summed E-state index contributed by atoms with van der Waals surface area (Å²) in [5.41, 5.74) is 1.36. The number of aromatic nitrogens is 4. The first-order chi connectivity index (χ1) is 17.3. The molecule has 5 heterocycles. The van der Waals surface area contributed by atoms with Gasteiger partial charge in [0.05, 0.1) is 35.4 Å². The molecule has 0 saturated carbocycles. The third-order valence-electron chi connectivity index (χ3n) is 6.51. The molecule has 10 nitrogen and oxygen atoms in total. The normalized spacial score (nSPS) is 19.9. The van der Waals surface area contributed by atoms with E-state index in [1.807, 2.05) is 0 Å². The number of hydrogen-bond donors (Lipinski definition) is 0. The van der Waals surface area contributed by atoms with Gasteiger partial charge in [0.2, 0.25) is 10.0 Å². The van der Waals surface area contributed by atoms with Crippen molar-refractivity contribution in [2.45, 2.75) is 36.5 Å². The van der Waals surface area contributed by atoms with Gasteiger partial charge in [-0.15, -0.1) is 0 Å². The molecule has 1 fully saturated rings. The van der Waals surface area contributed by atoms with Crippen LogP contribution in [0.4, 0.5) is 18.9 Å². The highest BCUT2D eigenvalue weighted by Crippen LogP contribution is 2.48. The monoisotopic (exact) mass is 536 g/mol. The van der Waals surface area contributed by atoms with Crippen molar-refractivity contribution in [3.8, 4) is 11.3 Å². The Labute approximate surface area is 210 Å². The quantitative estimate of drug-likeness (QED) is 0.493. The second-order valence-corrected chi connectivity index (χ2v) is 11.4. The minimum Gasteiger partial charge on any atom is -0.378 e. The van der Waals surface area contributed by atoms with Crippen molar-refractivity contribution >= 4 is 21.6 Å². The molecule has 0 radical (unpaired) electrons. The number of hydrogen-bond acceptors (Lipinski definition) is 7. The molecule has 1 amide bonds. The molecular weight excluding hydrogens is 513 g/mol. The van der Waals surface area contributed by atoms with Crippen LogP contribution in [0.2, 0.25) is 0 Å². The van der Waals surface area contributed by atoms with Gasteiger partial charge >= 0.3 is 6.18 Å². The van der Waals surface area contributed by atoms with E-state index in [-0.39, 0.29) is 17.2 Å². The fourth-order valence-corrected chi connectivity index (χ4v) is 5.66. The maximum absolute atomic E-state index is 13.7. The summed E-state index contributed by atoms with van der Waals surface area (Å²) >= 11 is 0. The Bertz CT molecular complexity index is 1500. The first kappa shape index (κ1) is 25.3. The Morgan fingerprint density at radius 3 is 2.59 bits per heavy atom. The van der Waals surface area contributed by atoms with Crippen LogP contribution in [0.1, 0.15) is 28.0 Å². The molecule has 14 heteroatoms. The van der Waals surface area contributed by atoms with Crippen LogP contribution in [0.25, 0.3) is 11.3 Å². The number of anilines is 1. The molecule has 1 atom stereocenters. The van der Waals surface area contributed by atoms with E-state index in [2.05, 4.69) is 10.1 Å². The summed E-state index contributed by atoms with van der Waals surface area (Å²) < 4.78 is 71.4. The van der Waals surface area contributed by atoms with Gasteiger partial charge in [-0.3, -0.25) is 19.4 Å². The summed E-state index contributed by atoms with van der Waals surface area (Å²) in [6, 6.07) is 3.13. The number of amides is 1. The number of alkyl halides is 3. The van der Waals surface area contributed by atoms with E-state index in [9.17, 15) is 26.4 Å². The Morgan fingerprint density at radius 1 is 1.19 bits per heavy atom. The molecule has 0 aromatic carbocycles. The van der Waals surface area contributed by atoms with Gasteiger partial charge in [-0.05, 0) is 24.6 Å². The lowest BCUT2D eigenvalue weighted by Crippen LogP contribution is -2.45. The van der Waals surface area contributed by atoms with Crippen LogP contribution in [0, 0.1) is 6.92 Å². The Kier molecular flexibility index (Phi) is 5.88. The molecule has 37 heavy (non-hydrogen) atoms. The Morgan fingerprint density at radius 2 is 1.95 bits per heavy atom. The summed E-state index contributed by atoms with van der Waals surface area (Å²) in [6.07, 6.45) is 1.05. The highest BCUT2D eigenvalue weighted by Gasteiger charge is 2.55. The van der Waals surface area contributed by atoms with Gasteiger partial charge in [0, 0.05) is 51.3 Å². The smallest absolute Gasteiger partial charge is 0.378 e. The van der Waals surface area contributed by atoms with Gasteiger partial charge < -0.3 is 4.74 Å². The van der Waals surface area contributed by atoms with Gasteiger partial charge in [0.15, 0.2) is 0 Å². The number of carbonyl (C=O) groups excluding carboxylic acids is 1. The average Bonchev–Trinajstić information content (AvgIpc) is 3.53. The topological polar surface area (TPSA) is 111 Å². The molecule has 5 rings (SSSR count). The second kappa shape index (κ2) is 8.60. The minimum atomic E-state index is -4.47. The molecule has 196 valence electrons. The third-order valence-corrected chi connectivity index (χ3v) is 8.29. The highest BCUT2D eigenvalue weighted by atomic mass is 32.2. The van der Waals surface area contributed by atoms with E-state index in [1.54, 1.807) is 13.0 Å².